The Kier molecular flexibility index (Phi) is 6.45. The Labute approximate surface area is 141 Å². The van der Waals surface area contributed by atoms with Crippen molar-refractivity contribution < 1.29 is 0 Å². The molecular weight excluding hydrogens is 266 g/mol. The van der Waals surface area contributed by atoms with Crippen LogP contribution in [0.15, 0.2) is 0 Å². The lowest BCUT2D eigenvalue weighted by Gasteiger charge is -2.51. The molecule has 0 saturated heterocycles. The van der Waals surface area contributed by atoms with Crippen LogP contribution in [0.5, 0.6) is 0 Å². The molecule has 22 heavy (non-hydrogen) atoms. The second-order valence-corrected chi connectivity index (χ2v) is 12.2. The predicted molar refractivity (Wildman–Crippen MR) is 102 cm³/mol. The molecular formula is C21H45N. The SMILES string of the molecule is CC(C)(C)CC(C(C)(C)CC(C)(C)C)C(C)(C)CC(C)(C)N. The van der Waals surface area contributed by atoms with Crippen molar-refractivity contribution in [1.82, 2.24) is 0 Å². The Bertz CT molecular complexity index is 314. The van der Waals surface area contributed by atoms with Gasteiger partial charge in [0.1, 0.15) is 0 Å². The second-order valence-electron chi connectivity index (χ2n) is 12.2. The topological polar surface area (TPSA) is 26.0 Å². The first-order valence-electron chi connectivity index (χ1n) is 9.04. The second kappa shape index (κ2) is 6.46. The minimum Gasteiger partial charge on any atom is -0.326 e. The van der Waals surface area contributed by atoms with Gasteiger partial charge in [-0.2, -0.15) is 0 Å². The fraction of sp³-hybridized carbons (Fsp3) is 1.00. The highest BCUT2D eigenvalue weighted by atomic mass is 14.7. The Morgan fingerprint density at radius 1 is 0.591 bits per heavy atom. The number of hydrogen-bond donors (Lipinski definition) is 1. The monoisotopic (exact) mass is 311 g/mol. The molecule has 134 valence electrons. The van der Waals surface area contributed by atoms with Crippen LogP contribution >= 0.6 is 0 Å². The summed E-state index contributed by atoms with van der Waals surface area (Å²) in [5.74, 6) is 0.655. The molecule has 0 radical (unpaired) electrons. The molecule has 0 spiro atoms. The van der Waals surface area contributed by atoms with Gasteiger partial charge >= 0.3 is 0 Å². The fourth-order valence-corrected chi connectivity index (χ4v) is 5.01. The molecule has 0 aliphatic carbocycles. The lowest BCUT2D eigenvalue weighted by Crippen LogP contribution is -2.46. The molecule has 0 amide bonds. The summed E-state index contributed by atoms with van der Waals surface area (Å²) in [4.78, 5) is 0. The summed E-state index contributed by atoms with van der Waals surface area (Å²) in [7, 11) is 0. The summed E-state index contributed by atoms with van der Waals surface area (Å²) >= 11 is 0. The van der Waals surface area contributed by atoms with Crippen LogP contribution in [0, 0.1) is 27.6 Å². The third kappa shape index (κ3) is 8.56. The molecule has 1 heteroatoms. The van der Waals surface area contributed by atoms with Crippen LogP contribution in [0.2, 0.25) is 0 Å². The first kappa shape index (κ1) is 22.0. The molecule has 0 heterocycles. The zero-order chi connectivity index (χ0) is 18.2. The van der Waals surface area contributed by atoms with Crippen molar-refractivity contribution in [1.29, 1.82) is 0 Å². The molecule has 0 aliphatic heterocycles. The van der Waals surface area contributed by atoms with Gasteiger partial charge in [0.2, 0.25) is 0 Å². The molecule has 1 nitrogen and oxygen atoms in total. The maximum atomic E-state index is 6.39. The molecule has 0 aromatic heterocycles. The standard InChI is InChI=1S/C21H45N/c1-17(2,3)13-16(19(7,8)14-18(4,5)6)20(9,10)15-21(11,12)22/h16H,13-15,22H2,1-12H3. The summed E-state index contributed by atoms with van der Waals surface area (Å²) in [6.45, 7) is 28.4. The van der Waals surface area contributed by atoms with Gasteiger partial charge in [-0.25, -0.2) is 0 Å². The Morgan fingerprint density at radius 2 is 0.955 bits per heavy atom. The molecule has 0 bridgehead atoms. The van der Waals surface area contributed by atoms with Crippen molar-refractivity contribution >= 4 is 0 Å². The average Bonchev–Trinajstić information content (AvgIpc) is 2.03. The average molecular weight is 312 g/mol. The highest BCUT2D eigenvalue weighted by molar-refractivity contribution is 4.96. The van der Waals surface area contributed by atoms with Gasteiger partial charge in [0, 0.05) is 5.54 Å². The van der Waals surface area contributed by atoms with Crippen LogP contribution in [0.3, 0.4) is 0 Å². The minimum atomic E-state index is -0.114. The quantitative estimate of drug-likeness (QED) is 0.583. The van der Waals surface area contributed by atoms with Crippen LogP contribution in [0.1, 0.15) is 102 Å². The van der Waals surface area contributed by atoms with Crippen LogP contribution < -0.4 is 5.73 Å². The van der Waals surface area contributed by atoms with E-state index in [0.717, 1.165) is 6.42 Å². The fourth-order valence-electron chi connectivity index (χ4n) is 5.01. The molecule has 2 N–H and O–H groups in total. The number of rotatable bonds is 6. The molecule has 0 aliphatic rings. The summed E-state index contributed by atoms with van der Waals surface area (Å²) < 4.78 is 0. The smallest absolute Gasteiger partial charge is 0.0102 e. The van der Waals surface area contributed by atoms with Gasteiger partial charge in [0.15, 0.2) is 0 Å². The largest absolute Gasteiger partial charge is 0.326 e. The van der Waals surface area contributed by atoms with Crippen LogP contribution in [-0.4, -0.2) is 5.54 Å². The first-order chi connectivity index (χ1) is 9.25. The van der Waals surface area contributed by atoms with Gasteiger partial charge < -0.3 is 5.73 Å². The van der Waals surface area contributed by atoms with Crippen molar-refractivity contribution in [2.45, 2.75) is 108 Å². The molecule has 1 unspecified atom stereocenters. The third-order valence-electron chi connectivity index (χ3n) is 4.60. The normalized spacial score (nSPS) is 16.8. The highest BCUT2D eigenvalue weighted by Gasteiger charge is 2.45. The molecule has 0 saturated carbocycles. The van der Waals surface area contributed by atoms with E-state index in [9.17, 15) is 0 Å². The number of hydrogen-bond acceptors (Lipinski definition) is 1. The van der Waals surface area contributed by atoms with E-state index in [1.54, 1.807) is 0 Å². The zero-order valence-electron chi connectivity index (χ0n) is 17.8. The van der Waals surface area contributed by atoms with E-state index < -0.39 is 0 Å². The van der Waals surface area contributed by atoms with E-state index in [1.807, 2.05) is 0 Å². The molecule has 0 fully saturated rings. The predicted octanol–water partition coefficient (Wildman–Crippen LogP) is 6.65. The van der Waals surface area contributed by atoms with E-state index >= 15 is 0 Å². The minimum absolute atomic E-state index is 0.114. The maximum Gasteiger partial charge on any atom is 0.0102 e. The Hall–Kier alpha value is -0.0400. The van der Waals surface area contributed by atoms with E-state index in [-0.39, 0.29) is 11.0 Å². The van der Waals surface area contributed by atoms with E-state index in [1.165, 1.54) is 12.8 Å². The summed E-state index contributed by atoms with van der Waals surface area (Å²) in [5, 5.41) is 0. The van der Waals surface area contributed by atoms with Crippen LogP contribution in [0.4, 0.5) is 0 Å². The molecule has 0 aromatic carbocycles. The first-order valence-corrected chi connectivity index (χ1v) is 9.04. The zero-order valence-corrected chi connectivity index (χ0v) is 17.8. The van der Waals surface area contributed by atoms with Crippen LogP contribution in [-0.2, 0) is 0 Å². The van der Waals surface area contributed by atoms with Gasteiger partial charge in [0.05, 0.1) is 0 Å². The van der Waals surface area contributed by atoms with Gasteiger partial charge in [-0.15, -0.1) is 0 Å². The molecule has 1 atom stereocenters. The van der Waals surface area contributed by atoms with Crippen molar-refractivity contribution in [2.75, 3.05) is 0 Å². The summed E-state index contributed by atoms with van der Waals surface area (Å²) in [6.07, 6.45) is 3.56. The van der Waals surface area contributed by atoms with Crippen molar-refractivity contribution in [3.8, 4) is 0 Å². The van der Waals surface area contributed by atoms with Crippen molar-refractivity contribution in [3.05, 3.63) is 0 Å². The summed E-state index contributed by atoms with van der Waals surface area (Å²) in [5.41, 5.74) is 7.52. The van der Waals surface area contributed by atoms with Gasteiger partial charge in [-0.3, -0.25) is 0 Å². The Morgan fingerprint density at radius 3 is 1.23 bits per heavy atom. The van der Waals surface area contributed by atoms with Gasteiger partial charge in [-0.1, -0.05) is 69.2 Å². The lowest BCUT2D eigenvalue weighted by molar-refractivity contribution is -0.00532. The number of nitrogens with two attached hydrogens (primary N) is 1. The summed E-state index contributed by atoms with van der Waals surface area (Å²) in [6, 6.07) is 0. The van der Waals surface area contributed by atoms with E-state index in [0.29, 0.717) is 22.2 Å². The van der Waals surface area contributed by atoms with Gasteiger partial charge in [0.25, 0.3) is 0 Å². The Balaban J connectivity index is 5.63. The van der Waals surface area contributed by atoms with Crippen LogP contribution in [0.25, 0.3) is 0 Å². The lowest BCUT2D eigenvalue weighted by atomic mass is 9.55. The van der Waals surface area contributed by atoms with Crippen molar-refractivity contribution in [3.63, 3.8) is 0 Å². The maximum absolute atomic E-state index is 6.39. The molecule has 0 rings (SSSR count). The van der Waals surface area contributed by atoms with Gasteiger partial charge in [-0.05, 0) is 60.7 Å². The third-order valence-corrected chi connectivity index (χ3v) is 4.60. The highest BCUT2D eigenvalue weighted by Crippen LogP contribution is 2.53. The van der Waals surface area contributed by atoms with E-state index in [4.69, 9.17) is 5.73 Å². The van der Waals surface area contributed by atoms with E-state index in [2.05, 4.69) is 83.1 Å². The molecule has 0 aromatic rings. The van der Waals surface area contributed by atoms with Crippen molar-refractivity contribution in [2.24, 2.45) is 33.3 Å².